The van der Waals surface area contributed by atoms with Gasteiger partial charge < -0.3 is 10.3 Å². The maximum Gasteiger partial charge on any atom is 0.248 e. The van der Waals surface area contributed by atoms with Gasteiger partial charge in [-0.05, 0) is 43.5 Å². The van der Waals surface area contributed by atoms with Crippen LogP contribution in [-0.4, -0.2) is 10.5 Å². The average Bonchev–Trinajstić information content (AvgIpc) is 2.58. The fraction of sp³-hybridized carbons (Fsp3) is 0.308. The molecule has 82 valence electrons. The Balaban J connectivity index is 2.39. The number of nitrogens with two attached hydrogens (primary N) is 1. The van der Waals surface area contributed by atoms with Crippen LogP contribution in [0.5, 0.6) is 0 Å². The molecule has 2 N–H and O–H groups in total. The van der Waals surface area contributed by atoms with Gasteiger partial charge in [0, 0.05) is 23.2 Å². The summed E-state index contributed by atoms with van der Waals surface area (Å²) in [7, 11) is 0. The predicted molar refractivity (Wildman–Crippen MR) is 63.5 cm³/mol. The van der Waals surface area contributed by atoms with Gasteiger partial charge in [-0.25, -0.2) is 0 Å². The third-order valence-electron chi connectivity index (χ3n) is 3.39. The predicted octanol–water partition coefficient (Wildman–Crippen LogP) is 1.99. The van der Waals surface area contributed by atoms with Crippen LogP contribution in [0.25, 0.3) is 10.9 Å². The average molecular weight is 214 g/mol. The van der Waals surface area contributed by atoms with E-state index in [-0.39, 0.29) is 5.91 Å². The molecule has 1 aromatic heterocycles. The van der Waals surface area contributed by atoms with Crippen LogP contribution in [0.4, 0.5) is 0 Å². The minimum absolute atomic E-state index is 0.339. The van der Waals surface area contributed by atoms with Crippen LogP contribution < -0.4 is 5.73 Å². The van der Waals surface area contributed by atoms with Crippen LogP contribution in [0, 0.1) is 6.92 Å². The molecule has 0 saturated heterocycles. The van der Waals surface area contributed by atoms with E-state index in [0.717, 1.165) is 24.8 Å². The highest BCUT2D eigenvalue weighted by Crippen LogP contribution is 2.29. The summed E-state index contributed by atoms with van der Waals surface area (Å²) in [6, 6.07) is 5.98. The van der Waals surface area contributed by atoms with Crippen molar-refractivity contribution in [2.75, 3.05) is 0 Å². The molecule has 0 spiro atoms. The Hall–Kier alpha value is -1.77. The second-order valence-electron chi connectivity index (χ2n) is 4.48. The number of hydrogen-bond donors (Lipinski definition) is 1. The lowest BCUT2D eigenvalue weighted by atomic mass is 10.0. The summed E-state index contributed by atoms with van der Waals surface area (Å²) in [5, 5.41) is 1.14. The van der Waals surface area contributed by atoms with E-state index in [4.69, 9.17) is 5.73 Å². The van der Waals surface area contributed by atoms with Crippen LogP contribution in [0.3, 0.4) is 0 Å². The summed E-state index contributed by atoms with van der Waals surface area (Å²) < 4.78 is 2.33. The summed E-state index contributed by atoms with van der Waals surface area (Å²) >= 11 is 0. The maximum atomic E-state index is 11.2. The van der Waals surface area contributed by atoms with Crippen molar-refractivity contribution in [3.8, 4) is 0 Å². The Bertz CT molecular complexity index is 595. The van der Waals surface area contributed by atoms with E-state index >= 15 is 0 Å². The SMILES string of the molecule is Cc1cc2cc(C(N)=O)cc3c2n1CCC3. The number of amides is 1. The van der Waals surface area contributed by atoms with Gasteiger partial charge in [0.25, 0.3) is 0 Å². The van der Waals surface area contributed by atoms with Gasteiger partial charge in [-0.3, -0.25) is 4.79 Å². The fourth-order valence-corrected chi connectivity index (χ4v) is 2.69. The molecule has 0 saturated carbocycles. The van der Waals surface area contributed by atoms with E-state index in [9.17, 15) is 4.79 Å². The topological polar surface area (TPSA) is 48.0 Å². The molecule has 1 aromatic carbocycles. The van der Waals surface area contributed by atoms with Crippen molar-refractivity contribution < 1.29 is 4.79 Å². The summed E-state index contributed by atoms with van der Waals surface area (Å²) in [6.07, 6.45) is 2.18. The molecule has 0 atom stereocenters. The zero-order valence-corrected chi connectivity index (χ0v) is 9.29. The number of carbonyl (C=O) groups excluding carboxylic acids is 1. The van der Waals surface area contributed by atoms with Gasteiger partial charge in [0.1, 0.15) is 0 Å². The van der Waals surface area contributed by atoms with E-state index in [1.54, 1.807) is 0 Å². The molecular weight excluding hydrogens is 200 g/mol. The molecule has 1 amide bonds. The first-order valence-corrected chi connectivity index (χ1v) is 5.59. The largest absolute Gasteiger partial charge is 0.366 e. The molecule has 3 heteroatoms. The van der Waals surface area contributed by atoms with Crippen molar-refractivity contribution in [1.82, 2.24) is 4.57 Å². The molecule has 1 aliphatic heterocycles. The zero-order chi connectivity index (χ0) is 11.3. The van der Waals surface area contributed by atoms with Crippen molar-refractivity contribution in [2.24, 2.45) is 5.73 Å². The van der Waals surface area contributed by atoms with Gasteiger partial charge in [-0.15, -0.1) is 0 Å². The first kappa shape index (κ1) is 9.46. The van der Waals surface area contributed by atoms with Crippen LogP contribution >= 0.6 is 0 Å². The summed E-state index contributed by atoms with van der Waals surface area (Å²) in [5.74, 6) is -0.339. The molecule has 0 radical (unpaired) electrons. The summed E-state index contributed by atoms with van der Waals surface area (Å²) in [6.45, 7) is 3.19. The smallest absolute Gasteiger partial charge is 0.248 e. The number of benzene rings is 1. The Morgan fingerprint density at radius 3 is 2.94 bits per heavy atom. The van der Waals surface area contributed by atoms with Crippen molar-refractivity contribution >= 4 is 16.8 Å². The van der Waals surface area contributed by atoms with Gasteiger partial charge in [0.05, 0.1) is 5.52 Å². The Morgan fingerprint density at radius 1 is 1.38 bits per heavy atom. The van der Waals surface area contributed by atoms with Crippen LogP contribution in [0.1, 0.15) is 28.0 Å². The van der Waals surface area contributed by atoms with Gasteiger partial charge in [-0.1, -0.05) is 0 Å². The number of hydrogen-bond acceptors (Lipinski definition) is 1. The summed E-state index contributed by atoms with van der Waals surface area (Å²) in [5.41, 5.74) is 9.77. The third kappa shape index (κ3) is 1.18. The lowest BCUT2D eigenvalue weighted by Crippen LogP contribution is -2.13. The standard InChI is InChI=1S/C13H14N2O/c1-8-5-10-7-11(13(14)16)6-9-3-2-4-15(8)12(9)10/h5-7H,2-4H2,1H3,(H2,14,16). The molecule has 2 aromatic rings. The first-order valence-electron chi connectivity index (χ1n) is 5.59. The van der Waals surface area contributed by atoms with E-state index < -0.39 is 0 Å². The van der Waals surface area contributed by atoms with E-state index in [1.165, 1.54) is 16.8 Å². The number of carbonyl (C=O) groups is 1. The Labute approximate surface area is 93.9 Å². The lowest BCUT2D eigenvalue weighted by Gasteiger charge is -2.17. The van der Waals surface area contributed by atoms with Crippen LogP contribution in [0.2, 0.25) is 0 Å². The molecule has 3 rings (SSSR count). The number of aryl methyl sites for hydroxylation is 3. The summed E-state index contributed by atoms with van der Waals surface area (Å²) in [4.78, 5) is 11.2. The molecule has 0 aliphatic carbocycles. The zero-order valence-electron chi connectivity index (χ0n) is 9.29. The molecule has 16 heavy (non-hydrogen) atoms. The van der Waals surface area contributed by atoms with Crippen LogP contribution in [0.15, 0.2) is 18.2 Å². The number of nitrogens with zero attached hydrogens (tertiary/aromatic N) is 1. The van der Waals surface area contributed by atoms with Crippen molar-refractivity contribution in [2.45, 2.75) is 26.3 Å². The lowest BCUT2D eigenvalue weighted by molar-refractivity contribution is 0.100. The fourth-order valence-electron chi connectivity index (χ4n) is 2.69. The molecule has 1 aliphatic rings. The van der Waals surface area contributed by atoms with Crippen molar-refractivity contribution in [1.29, 1.82) is 0 Å². The number of primary amides is 1. The van der Waals surface area contributed by atoms with E-state index in [2.05, 4.69) is 17.6 Å². The van der Waals surface area contributed by atoms with Crippen molar-refractivity contribution in [3.63, 3.8) is 0 Å². The molecule has 0 bridgehead atoms. The Kier molecular flexibility index (Phi) is 1.84. The second kappa shape index (κ2) is 3.11. The maximum absolute atomic E-state index is 11.2. The van der Waals surface area contributed by atoms with E-state index in [0.29, 0.717) is 5.56 Å². The molecule has 0 fully saturated rings. The Morgan fingerprint density at radius 2 is 2.19 bits per heavy atom. The highest BCUT2D eigenvalue weighted by Gasteiger charge is 2.16. The number of aromatic nitrogens is 1. The van der Waals surface area contributed by atoms with Crippen LogP contribution in [-0.2, 0) is 13.0 Å². The van der Waals surface area contributed by atoms with Gasteiger partial charge in [-0.2, -0.15) is 0 Å². The molecule has 3 nitrogen and oxygen atoms in total. The van der Waals surface area contributed by atoms with Crippen molar-refractivity contribution in [3.05, 3.63) is 35.0 Å². The highest BCUT2D eigenvalue weighted by atomic mass is 16.1. The van der Waals surface area contributed by atoms with Gasteiger partial charge >= 0.3 is 0 Å². The molecular formula is C13H14N2O. The molecule has 0 unspecified atom stereocenters. The molecule has 2 heterocycles. The van der Waals surface area contributed by atoms with Gasteiger partial charge in [0.2, 0.25) is 5.91 Å². The number of rotatable bonds is 1. The minimum Gasteiger partial charge on any atom is -0.366 e. The minimum atomic E-state index is -0.339. The monoisotopic (exact) mass is 214 g/mol. The highest BCUT2D eigenvalue weighted by molar-refractivity contribution is 5.98. The second-order valence-corrected chi connectivity index (χ2v) is 4.48. The van der Waals surface area contributed by atoms with E-state index in [1.807, 2.05) is 12.1 Å². The van der Waals surface area contributed by atoms with Gasteiger partial charge in [0.15, 0.2) is 0 Å². The third-order valence-corrected chi connectivity index (χ3v) is 3.39. The first-order chi connectivity index (χ1) is 7.66. The normalized spacial score (nSPS) is 14.3. The quantitative estimate of drug-likeness (QED) is 0.775.